The van der Waals surface area contributed by atoms with Crippen LogP contribution in [0.4, 0.5) is 0 Å². The van der Waals surface area contributed by atoms with Crippen molar-refractivity contribution in [2.75, 3.05) is 27.7 Å². The minimum absolute atomic E-state index is 0.175. The van der Waals surface area contributed by atoms with Crippen LogP contribution in [0.1, 0.15) is 30.4 Å². The minimum Gasteiger partial charge on any atom is -0.497 e. The summed E-state index contributed by atoms with van der Waals surface area (Å²) in [6.07, 6.45) is 1.46. The van der Waals surface area contributed by atoms with Gasteiger partial charge in [0.15, 0.2) is 0 Å². The Morgan fingerprint density at radius 3 is 2.43 bits per heavy atom. The van der Waals surface area contributed by atoms with Gasteiger partial charge in [-0.15, -0.1) is 0 Å². The van der Waals surface area contributed by atoms with Gasteiger partial charge in [0.1, 0.15) is 5.75 Å². The van der Waals surface area contributed by atoms with Crippen LogP contribution in [0.5, 0.6) is 5.75 Å². The number of aliphatic hydroxyl groups is 1. The number of benzene rings is 3. The summed E-state index contributed by atoms with van der Waals surface area (Å²) in [5, 5.41) is 12.4. The average Bonchev–Trinajstić information content (AvgIpc) is 2.89. The molecular formula is C29H35ClN2O4S. The lowest BCUT2D eigenvalue weighted by atomic mass is 9.69. The maximum Gasteiger partial charge on any atom is 0.243 e. The first-order valence-corrected chi connectivity index (χ1v) is 14.3. The molecule has 0 spiro atoms. The fourth-order valence-electron chi connectivity index (χ4n) is 5.37. The van der Waals surface area contributed by atoms with Gasteiger partial charge in [-0.1, -0.05) is 60.1 Å². The van der Waals surface area contributed by atoms with Crippen LogP contribution < -0.4 is 4.74 Å². The number of rotatable bonds is 9. The van der Waals surface area contributed by atoms with E-state index >= 15 is 0 Å². The molecule has 3 aromatic rings. The minimum atomic E-state index is -3.85. The summed E-state index contributed by atoms with van der Waals surface area (Å²) < 4.78 is 35.0. The molecule has 198 valence electrons. The van der Waals surface area contributed by atoms with Gasteiger partial charge in [0.05, 0.1) is 17.6 Å². The number of sulfonamides is 1. The third-order valence-electron chi connectivity index (χ3n) is 7.24. The highest BCUT2D eigenvalue weighted by atomic mass is 35.5. The molecule has 0 amide bonds. The van der Waals surface area contributed by atoms with Crippen LogP contribution in [-0.2, 0) is 22.2 Å². The summed E-state index contributed by atoms with van der Waals surface area (Å²) in [6, 6.07) is 23.3. The Morgan fingerprint density at radius 2 is 1.76 bits per heavy atom. The van der Waals surface area contributed by atoms with Gasteiger partial charge >= 0.3 is 0 Å². The zero-order valence-electron chi connectivity index (χ0n) is 21.5. The zero-order valence-corrected chi connectivity index (χ0v) is 23.1. The molecule has 4 rings (SSSR count). The first-order chi connectivity index (χ1) is 17.6. The van der Waals surface area contributed by atoms with E-state index in [1.807, 2.05) is 73.6 Å². The number of hydrogen-bond acceptors (Lipinski definition) is 5. The molecule has 1 aliphatic carbocycles. The average molecular weight is 543 g/mol. The predicted octanol–water partition coefficient (Wildman–Crippen LogP) is 5.16. The molecule has 0 aliphatic heterocycles. The second-order valence-corrected chi connectivity index (χ2v) is 12.4. The fraction of sp³-hybridized carbons (Fsp3) is 0.379. The zero-order chi connectivity index (χ0) is 26.6. The lowest BCUT2D eigenvalue weighted by Gasteiger charge is -2.47. The number of methoxy groups -OCH3 is 1. The highest BCUT2D eigenvalue weighted by molar-refractivity contribution is 7.89. The van der Waals surface area contributed by atoms with E-state index in [9.17, 15) is 13.5 Å². The Kier molecular flexibility index (Phi) is 8.61. The lowest BCUT2D eigenvalue weighted by molar-refractivity contribution is -0.0763. The predicted molar refractivity (Wildman–Crippen MR) is 147 cm³/mol. The van der Waals surface area contributed by atoms with E-state index in [0.717, 1.165) is 11.1 Å². The van der Waals surface area contributed by atoms with E-state index in [-0.39, 0.29) is 23.4 Å². The second-order valence-electron chi connectivity index (χ2n) is 10.0. The Hall–Kier alpha value is -2.42. The van der Waals surface area contributed by atoms with Gasteiger partial charge in [0.25, 0.3) is 0 Å². The summed E-state index contributed by atoms with van der Waals surface area (Å²) in [7, 11) is 1.70. The molecule has 8 heteroatoms. The van der Waals surface area contributed by atoms with E-state index in [0.29, 0.717) is 36.6 Å². The molecule has 0 aromatic heterocycles. The lowest BCUT2D eigenvalue weighted by Crippen LogP contribution is -2.51. The standard InChI is InChI=1S/C29H35ClN2O4S/c1-31(2)21-24-17-26(15-16-29(24,33)23-11-7-13-27(18-23)36-3)32(20-22-9-5-4-6-10-22)37(34,35)28-14-8-12-25(30)19-28/h4-14,18-19,24,26,33H,15-17,20-21H2,1-3H3/t24-,26+,29+/m1/s1. The van der Waals surface area contributed by atoms with E-state index in [1.165, 1.54) is 6.07 Å². The van der Waals surface area contributed by atoms with Crippen LogP contribution in [-0.4, -0.2) is 56.5 Å². The Bertz CT molecular complexity index is 1300. The van der Waals surface area contributed by atoms with Gasteiger partial charge in [0, 0.05) is 30.1 Å². The van der Waals surface area contributed by atoms with Crippen LogP contribution in [0.2, 0.25) is 5.02 Å². The quantitative estimate of drug-likeness (QED) is 0.404. The molecule has 3 atom stereocenters. The van der Waals surface area contributed by atoms with Gasteiger partial charge in [0.2, 0.25) is 10.0 Å². The van der Waals surface area contributed by atoms with Gasteiger partial charge < -0.3 is 14.7 Å². The van der Waals surface area contributed by atoms with E-state index in [4.69, 9.17) is 16.3 Å². The first-order valence-electron chi connectivity index (χ1n) is 12.5. The van der Waals surface area contributed by atoms with Crippen molar-refractivity contribution in [2.24, 2.45) is 5.92 Å². The summed E-state index contributed by atoms with van der Waals surface area (Å²) in [6.45, 7) is 0.854. The molecule has 1 N–H and O–H groups in total. The van der Waals surface area contributed by atoms with Gasteiger partial charge in [-0.05, 0) is 74.8 Å². The monoisotopic (exact) mass is 542 g/mol. The second kappa shape index (κ2) is 11.5. The topological polar surface area (TPSA) is 70.1 Å². The van der Waals surface area contributed by atoms with Crippen LogP contribution in [0.25, 0.3) is 0 Å². The maximum absolute atomic E-state index is 14.0. The van der Waals surface area contributed by atoms with Crippen molar-refractivity contribution in [3.05, 3.63) is 95.0 Å². The fourth-order valence-corrected chi connectivity index (χ4v) is 7.32. The van der Waals surface area contributed by atoms with Crippen LogP contribution in [0.15, 0.2) is 83.8 Å². The molecule has 0 radical (unpaired) electrons. The molecule has 0 saturated heterocycles. The third kappa shape index (κ3) is 6.19. The number of ether oxygens (including phenoxy) is 1. The van der Waals surface area contributed by atoms with Crippen molar-refractivity contribution in [2.45, 2.75) is 42.3 Å². The Labute approximate surface area is 225 Å². The number of hydrogen-bond donors (Lipinski definition) is 1. The molecule has 0 heterocycles. The molecule has 3 aromatic carbocycles. The molecular weight excluding hydrogens is 508 g/mol. The summed E-state index contributed by atoms with van der Waals surface area (Å²) in [5.74, 6) is 0.493. The molecule has 6 nitrogen and oxygen atoms in total. The van der Waals surface area contributed by atoms with Gasteiger partial charge in [-0.25, -0.2) is 8.42 Å². The molecule has 0 bridgehead atoms. The van der Waals surface area contributed by atoms with Crippen LogP contribution in [0, 0.1) is 5.92 Å². The van der Waals surface area contributed by atoms with Crippen LogP contribution >= 0.6 is 11.6 Å². The van der Waals surface area contributed by atoms with Crippen molar-refractivity contribution in [3.63, 3.8) is 0 Å². The van der Waals surface area contributed by atoms with Gasteiger partial charge in [-0.3, -0.25) is 0 Å². The normalized spacial score (nSPS) is 22.4. The maximum atomic E-state index is 14.0. The molecule has 1 aliphatic rings. The van der Waals surface area contributed by atoms with E-state index < -0.39 is 15.6 Å². The third-order valence-corrected chi connectivity index (χ3v) is 9.37. The van der Waals surface area contributed by atoms with Crippen molar-refractivity contribution in [1.29, 1.82) is 0 Å². The summed E-state index contributed by atoms with van der Waals surface area (Å²) in [5.41, 5.74) is 0.600. The van der Waals surface area contributed by atoms with Gasteiger partial charge in [-0.2, -0.15) is 4.31 Å². The highest BCUT2D eigenvalue weighted by Gasteiger charge is 2.47. The van der Waals surface area contributed by atoms with E-state index in [1.54, 1.807) is 29.6 Å². The van der Waals surface area contributed by atoms with Crippen molar-refractivity contribution in [1.82, 2.24) is 9.21 Å². The molecule has 0 unspecified atom stereocenters. The molecule has 37 heavy (non-hydrogen) atoms. The summed E-state index contributed by atoms with van der Waals surface area (Å²) in [4.78, 5) is 2.22. The summed E-state index contributed by atoms with van der Waals surface area (Å²) >= 11 is 6.18. The van der Waals surface area contributed by atoms with Crippen LogP contribution in [0.3, 0.4) is 0 Å². The SMILES string of the molecule is COc1cccc([C@@]2(O)CC[C@H](N(Cc3ccccc3)S(=O)(=O)c3cccc(Cl)c3)C[C@@H]2CN(C)C)c1. The van der Waals surface area contributed by atoms with Crippen molar-refractivity contribution in [3.8, 4) is 5.75 Å². The molecule has 1 saturated carbocycles. The number of halogens is 1. The highest BCUT2D eigenvalue weighted by Crippen LogP contribution is 2.45. The van der Waals surface area contributed by atoms with Crippen molar-refractivity contribution >= 4 is 21.6 Å². The largest absolute Gasteiger partial charge is 0.497 e. The first kappa shape index (κ1) is 27.6. The smallest absolute Gasteiger partial charge is 0.243 e. The number of nitrogens with zero attached hydrogens (tertiary/aromatic N) is 2. The molecule has 1 fully saturated rings. The van der Waals surface area contributed by atoms with Crippen molar-refractivity contribution < 1.29 is 18.3 Å². The Morgan fingerprint density at radius 1 is 1.03 bits per heavy atom. The Balaban J connectivity index is 1.72. The van der Waals surface area contributed by atoms with E-state index in [2.05, 4.69) is 0 Å².